The average Bonchev–Trinajstić information content (AvgIpc) is 2.79. The number of carbonyl (C=O) groups is 2. The van der Waals surface area contributed by atoms with Gasteiger partial charge in [0.2, 0.25) is 0 Å². The molecule has 2 amide bonds. The Bertz CT molecular complexity index is 894. The van der Waals surface area contributed by atoms with Gasteiger partial charge in [-0.1, -0.05) is 12.1 Å². The van der Waals surface area contributed by atoms with Crippen molar-refractivity contribution >= 4 is 23.4 Å². The van der Waals surface area contributed by atoms with Crippen LogP contribution in [0.4, 0.5) is 16.2 Å². The number of hydrogen-bond acceptors (Lipinski definition) is 6. The highest BCUT2D eigenvalue weighted by Crippen LogP contribution is 2.32. The number of nitrogens with zero attached hydrogens (tertiary/aromatic N) is 2. The first-order valence-corrected chi connectivity index (χ1v) is 9.86. The molecule has 3 rings (SSSR count). The van der Waals surface area contributed by atoms with E-state index in [2.05, 4.69) is 10.2 Å². The monoisotopic (exact) mass is 413 g/mol. The highest BCUT2D eigenvalue weighted by Gasteiger charge is 2.24. The molecule has 0 bridgehead atoms. The second-order valence-electron chi connectivity index (χ2n) is 6.71. The number of esters is 1. The zero-order valence-electron chi connectivity index (χ0n) is 17.5. The molecule has 0 radical (unpaired) electrons. The van der Waals surface area contributed by atoms with Crippen molar-refractivity contribution in [1.82, 2.24) is 4.90 Å². The maximum atomic E-state index is 12.8. The molecule has 2 aromatic rings. The van der Waals surface area contributed by atoms with Gasteiger partial charge in [0.25, 0.3) is 0 Å². The fourth-order valence-electron chi connectivity index (χ4n) is 3.37. The molecular formula is C22H27N3O5. The van der Waals surface area contributed by atoms with E-state index >= 15 is 0 Å². The summed E-state index contributed by atoms with van der Waals surface area (Å²) < 4.78 is 15.8. The SMILES string of the molecule is CCOC(=O)c1ccccc1NC(=O)N1CCN(c2ccc(OC)cc2OC)CC1. The molecule has 0 aromatic heterocycles. The maximum Gasteiger partial charge on any atom is 0.340 e. The van der Waals surface area contributed by atoms with Gasteiger partial charge >= 0.3 is 12.0 Å². The van der Waals surface area contributed by atoms with Crippen LogP contribution < -0.4 is 19.7 Å². The zero-order chi connectivity index (χ0) is 21.5. The van der Waals surface area contributed by atoms with E-state index in [0.717, 1.165) is 17.2 Å². The Morgan fingerprint density at radius 1 is 1.00 bits per heavy atom. The number of para-hydroxylation sites is 1. The van der Waals surface area contributed by atoms with Crippen molar-refractivity contribution in [2.24, 2.45) is 0 Å². The van der Waals surface area contributed by atoms with Crippen LogP contribution in [0, 0.1) is 0 Å². The number of urea groups is 1. The van der Waals surface area contributed by atoms with Gasteiger partial charge in [-0.2, -0.15) is 0 Å². The van der Waals surface area contributed by atoms with E-state index < -0.39 is 5.97 Å². The number of anilines is 2. The van der Waals surface area contributed by atoms with Gasteiger partial charge in [-0.05, 0) is 31.2 Å². The molecule has 1 N–H and O–H groups in total. The average molecular weight is 413 g/mol. The molecule has 2 aromatic carbocycles. The van der Waals surface area contributed by atoms with E-state index in [1.54, 1.807) is 50.3 Å². The molecule has 0 atom stereocenters. The zero-order valence-corrected chi connectivity index (χ0v) is 17.5. The number of hydrogen-bond donors (Lipinski definition) is 1. The van der Waals surface area contributed by atoms with Crippen LogP contribution in [0.15, 0.2) is 42.5 Å². The summed E-state index contributed by atoms with van der Waals surface area (Å²) in [5, 5.41) is 2.84. The maximum absolute atomic E-state index is 12.8. The minimum Gasteiger partial charge on any atom is -0.497 e. The Hall–Kier alpha value is -3.42. The van der Waals surface area contributed by atoms with Gasteiger partial charge in [0.1, 0.15) is 11.5 Å². The Balaban J connectivity index is 1.64. The summed E-state index contributed by atoms with van der Waals surface area (Å²) in [5.74, 6) is 1.01. The summed E-state index contributed by atoms with van der Waals surface area (Å²) >= 11 is 0. The number of amides is 2. The number of carbonyl (C=O) groups excluding carboxylic acids is 2. The van der Waals surface area contributed by atoms with E-state index in [9.17, 15) is 9.59 Å². The molecule has 0 aliphatic carbocycles. The third kappa shape index (κ3) is 4.76. The Morgan fingerprint density at radius 3 is 2.40 bits per heavy atom. The number of piperazine rings is 1. The first-order valence-electron chi connectivity index (χ1n) is 9.86. The third-order valence-electron chi connectivity index (χ3n) is 4.96. The van der Waals surface area contributed by atoms with Crippen LogP contribution in [0.25, 0.3) is 0 Å². The molecule has 0 spiro atoms. The number of ether oxygens (including phenoxy) is 3. The van der Waals surface area contributed by atoms with Gasteiger partial charge in [0, 0.05) is 32.2 Å². The minimum absolute atomic E-state index is 0.243. The third-order valence-corrected chi connectivity index (χ3v) is 4.96. The molecule has 0 saturated carbocycles. The lowest BCUT2D eigenvalue weighted by atomic mass is 10.2. The van der Waals surface area contributed by atoms with Crippen LogP contribution in [0.5, 0.6) is 11.5 Å². The summed E-state index contributed by atoms with van der Waals surface area (Å²) in [6, 6.07) is 12.3. The van der Waals surface area contributed by atoms with Crippen molar-refractivity contribution in [1.29, 1.82) is 0 Å². The smallest absolute Gasteiger partial charge is 0.340 e. The highest BCUT2D eigenvalue weighted by molar-refractivity contribution is 6.00. The largest absolute Gasteiger partial charge is 0.497 e. The van der Waals surface area contributed by atoms with Crippen LogP contribution in [0.3, 0.4) is 0 Å². The fourth-order valence-corrected chi connectivity index (χ4v) is 3.37. The predicted molar refractivity (Wildman–Crippen MR) is 115 cm³/mol. The molecular weight excluding hydrogens is 386 g/mol. The van der Waals surface area contributed by atoms with E-state index in [1.165, 1.54) is 0 Å². The molecule has 8 nitrogen and oxygen atoms in total. The minimum atomic E-state index is -0.454. The summed E-state index contributed by atoms with van der Waals surface area (Å²) in [6.45, 7) is 4.44. The second kappa shape index (κ2) is 9.87. The molecule has 160 valence electrons. The van der Waals surface area contributed by atoms with Gasteiger partial charge in [0.05, 0.1) is 37.8 Å². The van der Waals surface area contributed by atoms with Gasteiger partial charge in [0.15, 0.2) is 0 Å². The lowest BCUT2D eigenvalue weighted by Gasteiger charge is -2.36. The molecule has 1 aliphatic rings. The van der Waals surface area contributed by atoms with Crippen molar-refractivity contribution in [2.75, 3.05) is 57.2 Å². The quantitative estimate of drug-likeness (QED) is 0.733. The van der Waals surface area contributed by atoms with Gasteiger partial charge in [-0.25, -0.2) is 9.59 Å². The van der Waals surface area contributed by atoms with Gasteiger partial charge in [-0.3, -0.25) is 0 Å². The lowest BCUT2D eigenvalue weighted by molar-refractivity contribution is 0.0527. The molecule has 1 fully saturated rings. The fraction of sp³-hybridized carbons (Fsp3) is 0.364. The second-order valence-corrected chi connectivity index (χ2v) is 6.71. The first-order chi connectivity index (χ1) is 14.6. The lowest BCUT2D eigenvalue weighted by Crippen LogP contribution is -2.50. The van der Waals surface area contributed by atoms with Crippen molar-refractivity contribution in [3.05, 3.63) is 48.0 Å². The Kier molecular flexibility index (Phi) is 7.00. The number of rotatable bonds is 6. The number of methoxy groups -OCH3 is 2. The van der Waals surface area contributed by atoms with Crippen LogP contribution in [0.2, 0.25) is 0 Å². The summed E-state index contributed by atoms with van der Waals surface area (Å²) in [6.07, 6.45) is 0. The Labute approximate surface area is 176 Å². The molecule has 1 heterocycles. The van der Waals surface area contributed by atoms with E-state index in [1.807, 2.05) is 18.2 Å². The number of benzene rings is 2. The van der Waals surface area contributed by atoms with E-state index in [-0.39, 0.29) is 12.6 Å². The molecule has 1 aliphatic heterocycles. The van der Waals surface area contributed by atoms with Crippen molar-refractivity contribution in [3.63, 3.8) is 0 Å². The summed E-state index contributed by atoms with van der Waals surface area (Å²) in [4.78, 5) is 28.8. The van der Waals surface area contributed by atoms with Crippen LogP contribution in [0.1, 0.15) is 17.3 Å². The highest BCUT2D eigenvalue weighted by atomic mass is 16.5. The van der Waals surface area contributed by atoms with E-state index in [0.29, 0.717) is 37.4 Å². The number of nitrogens with one attached hydrogen (secondary N) is 1. The van der Waals surface area contributed by atoms with Crippen molar-refractivity contribution in [3.8, 4) is 11.5 Å². The van der Waals surface area contributed by atoms with Crippen LogP contribution in [-0.2, 0) is 4.74 Å². The normalized spacial score (nSPS) is 13.6. The Morgan fingerprint density at radius 2 is 1.73 bits per heavy atom. The standard InChI is InChI=1S/C22H27N3O5/c1-4-30-21(26)17-7-5-6-8-18(17)23-22(27)25-13-11-24(12-14-25)19-10-9-16(28-2)15-20(19)29-3/h5-10,15H,4,11-14H2,1-3H3,(H,23,27). The molecule has 30 heavy (non-hydrogen) atoms. The van der Waals surface area contributed by atoms with Gasteiger partial charge in [-0.15, -0.1) is 0 Å². The molecule has 0 unspecified atom stereocenters. The summed E-state index contributed by atoms with van der Waals surface area (Å²) in [7, 11) is 3.24. The first kappa shape index (κ1) is 21.3. The van der Waals surface area contributed by atoms with Crippen molar-refractivity contribution in [2.45, 2.75) is 6.92 Å². The van der Waals surface area contributed by atoms with Crippen LogP contribution >= 0.6 is 0 Å². The van der Waals surface area contributed by atoms with Gasteiger partial charge < -0.3 is 29.3 Å². The predicted octanol–water partition coefficient (Wildman–Crippen LogP) is 3.23. The van der Waals surface area contributed by atoms with Crippen molar-refractivity contribution < 1.29 is 23.8 Å². The van der Waals surface area contributed by atoms with E-state index in [4.69, 9.17) is 14.2 Å². The summed E-state index contributed by atoms with van der Waals surface area (Å²) in [5.41, 5.74) is 1.75. The molecule has 1 saturated heterocycles. The van der Waals surface area contributed by atoms with Crippen LogP contribution in [-0.4, -0.2) is 63.9 Å². The topological polar surface area (TPSA) is 80.3 Å². The molecule has 8 heteroatoms.